The molecule has 0 saturated carbocycles. The molecule has 7 heteroatoms. The molecular formula is C35H26O6S. The van der Waals surface area contributed by atoms with Gasteiger partial charge >= 0.3 is 17.9 Å². The second-order valence-corrected chi connectivity index (χ2v) is 13.3. The van der Waals surface area contributed by atoms with Crippen molar-refractivity contribution in [2.75, 3.05) is 0 Å². The SMILES string of the molecule is O=C(OC1C2OC(=O)C3C2SC1C3C(=O)Oc1cccc2ccccc12)C1CC2c3ccccc3C1c1ccccc12. The zero-order valence-electron chi connectivity index (χ0n) is 22.4. The number of hydrogen-bond acceptors (Lipinski definition) is 7. The summed E-state index contributed by atoms with van der Waals surface area (Å²) in [5.74, 6) is -2.35. The highest BCUT2D eigenvalue weighted by atomic mass is 32.2. The van der Waals surface area contributed by atoms with Crippen LogP contribution in [0.5, 0.6) is 5.75 Å². The van der Waals surface area contributed by atoms with Gasteiger partial charge in [0, 0.05) is 17.2 Å². The molecule has 0 amide bonds. The Morgan fingerprint density at radius 3 is 2.19 bits per heavy atom. The molecule has 4 aromatic carbocycles. The number of esters is 3. The van der Waals surface area contributed by atoms with E-state index in [1.54, 1.807) is 6.07 Å². The molecule has 208 valence electrons. The van der Waals surface area contributed by atoms with Gasteiger partial charge in [0.25, 0.3) is 0 Å². The van der Waals surface area contributed by atoms with Crippen LogP contribution in [0, 0.1) is 17.8 Å². The van der Waals surface area contributed by atoms with Crippen LogP contribution < -0.4 is 4.74 Å². The smallest absolute Gasteiger partial charge is 0.316 e. The van der Waals surface area contributed by atoms with Crippen molar-refractivity contribution >= 4 is 40.4 Å². The predicted octanol–water partition coefficient (Wildman–Crippen LogP) is 5.61. The van der Waals surface area contributed by atoms with E-state index in [9.17, 15) is 14.4 Å². The van der Waals surface area contributed by atoms with Crippen LogP contribution in [0.4, 0.5) is 0 Å². The van der Waals surface area contributed by atoms with Crippen LogP contribution in [-0.4, -0.2) is 40.6 Å². The van der Waals surface area contributed by atoms with E-state index in [0.29, 0.717) is 12.2 Å². The molecule has 10 rings (SSSR count). The lowest BCUT2D eigenvalue weighted by molar-refractivity contribution is -0.165. The van der Waals surface area contributed by atoms with E-state index in [1.165, 1.54) is 34.0 Å². The third kappa shape index (κ3) is 3.31. The van der Waals surface area contributed by atoms with Crippen LogP contribution in [0.2, 0.25) is 0 Å². The molecule has 7 atom stereocenters. The highest BCUT2D eigenvalue weighted by molar-refractivity contribution is 8.01. The van der Waals surface area contributed by atoms with Gasteiger partial charge in [-0.2, -0.15) is 0 Å². The van der Waals surface area contributed by atoms with Gasteiger partial charge in [-0.3, -0.25) is 14.4 Å². The maximum Gasteiger partial charge on any atom is 0.316 e. The Balaban J connectivity index is 1.01. The third-order valence-electron chi connectivity index (χ3n) is 10.00. The molecule has 3 fully saturated rings. The summed E-state index contributed by atoms with van der Waals surface area (Å²) in [7, 11) is 0. The van der Waals surface area contributed by atoms with Gasteiger partial charge in [-0.05, 0) is 40.1 Å². The Morgan fingerprint density at radius 1 is 0.762 bits per heavy atom. The first-order chi connectivity index (χ1) is 20.6. The number of fused-ring (bicyclic) bond motifs is 3. The molecular weight excluding hydrogens is 548 g/mol. The normalized spacial score (nSPS) is 32.8. The fraction of sp³-hybridized carbons (Fsp3) is 0.286. The van der Waals surface area contributed by atoms with Crippen molar-refractivity contribution < 1.29 is 28.6 Å². The Morgan fingerprint density at radius 2 is 1.43 bits per heavy atom. The number of benzene rings is 4. The highest BCUT2D eigenvalue weighted by Crippen LogP contribution is 2.60. The van der Waals surface area contributed by atoms with Crippen LogP contribution in [0.15, 0.2) is 91.0 Å². The van der Waals surface area contributed by atoms with Gasteiger partial charge in [0.1, 0.15) is 5.75 Å². The molecule has 0 radical (unpaired) electrons. The first kappa shape index (κ1) is 24.5. The van der Waals surface area contributed by atoms with Crippen molar-refractivity contribution in [2.24, 2.45) is 17.8 Å². The molecule has 6 aliphatic rings. The first-order valence-corrected chi connectivity index (χ1v) is 15.5. The van der Waals surface area contributed by atoms with Gasteiger partial charge in [-0.1, -0.05) is 84.9 Å². The minimum atomic E-state index is -0.743. The zero-order chi connectivity index (χ0) is 28.1. The Labute approximate surface area is 246 Å². The summed E-state index contributed by atoms with van der Waals surface area (Å²) in [6.07, 6.45) is -0.555. The van der Waals surface area contributed by atoms with Crippen LogP contribution in [-0.2, 0) is 23.9 Å². The molecule has 4 aromatic rings. The topological polar surface area (TPSA) is 78.9 Å². The molecule has 0 aromatic heterocycles. The van der Waals surface area contributed by atoms with Crippen molar-refractivity contribution in [2.45, 2.75) is 41.0 Å². The largest absolute Gasteiger partial charge is 0.457 e. The quantitative estimate of drug-likeness (QED) is 0.232. The summed E-state index contributed by atoms with van der Waals surface area (Å²) < 4.78 is 18.0. The Hall–Kier alpha value is -4.10. The first-order valence-electron chi connectivity index (χ1n) is 14.5. The summed E-state index contributed by atoms with van der Waals surface area (Å²) in [4.78, 5) is 40.7. The minimum Gasteiger partial charge on any atom is -0.457 e. The number of carbonyl (C=O) groups excluding carboxylic acids is 3. The van der Waals surface area contributed by atoms with Gasteiger partial charge in [-0.25, -0.2) is 0 Å². The lowest BCUT2D eigenvalue weighted by Crippen LogP contribution is -2.49. The van der Waals surface area contributed by atoms with Gasteiger partial charge < -0.3 is 14.2 Å². The number of hydrogen-bond donors (Lipinski definition) is 0. The lowest BCUT2D eigenvalue weighted by atomic mass is 9.59. The fourth-order valence-corrected chi connectivity index (χ4v) is 10.3. The van der Waals surface area contributed by atoms with Crippen molar-refractivity contribution in [3.8, 4) is 5.75 Å². The van der Waals surface area contributed by atoms with Crippen LogP contribution in [0.3, 0.4) is 0 Å². The summed E-state index contributed by atoms with van der Waals surface area (Å²) in [5, 5.41) is 1.16. The van der Waals surface area contributed by atoms with Crippen LogP contribution >= 0.6 is 11.8 Å². The number of ether oxygens (including phenoxy) is 3. The second kappa shape index (κ2) is 8.95. The average molecular weight is 575 g/mol. The van der Waals surface area contributed by atoms with E-state index < -0.39 is 41.2 Å². The second-order valence-electron chi connectivity index (χ2n) is 11.9. The lowest BCUT2D eigenvalue weighted by Gasteiger charge is -2.44. The fourth-order valence-electron chi connectivity index (χ4n) is 8.29. The summed E-state index contributed by atoms with van der Waals surface area (Å²) in [5.41, 5.74) is 4.93. The zero-order valence-corrected chi connectivity index (χ0v) is 23.2. The molecule has 3 heterocycles. The van der Waals surface area contributed by atoms with Crippen molar-refractivity contribution in [3.63, 3.8) is 0 Å². The van der Waals surface area contributed by atoms with Gasteiger partial charge in [0.2, 0.25) is 0 Å². The molecule has 42 heavy (non-hydrogen) atoms. The number of thioether (sulfide) groups is 1. The Bertz CT molecular complexity index is 1760. The Kier molecular flexibility index (Phi) is 5.22. The molecule has 0 N–H and O–H groups in total. The van der Waals surface area contributed by atoms with Crippen LogP contribution in [0.1, 0.15) is 40.5 Å². The molecule has 7 unspecified atom stereocenters. The van der Waals surface area contributed by atoms with Crippen LogP contribution in [0.25, 0.3) is 10.8 Å². The molecule has 6 nitrogen and oxygen atoms in total. The van der Waals surface area contributed by atoms with E-state index in [1.807, 2.05) is 48.5 Å². The van der Waals surface area contributed by atoms with E-state index in [0.717, 1.165) is 10.8 Å². The summed E-state index contributed by atoms with van der Waals surface area (Å²) in [6.45, 7) is 0. The molecule has 3 saturated heterocycles. The molecule has 4 bridgehead atoms. The molecule has 3 aliphatic heterocycles. The van der Waals surface area contributed by atoms with Gasteiger partial charge in [0.15, 0.2) is 12.2 Å². The van der Waals surface area contributed by atoms with E-state index in [2.05, 4.69) is 36.4 Å². The monoisotopic (exact) mass is 574 g/mol. The van der Waals surface area contributed by atoms with E-state index in [4.69, 9.17) is 14.2 Å². The average Bonchev–Trinajstić information content (AvgIpc) is 3.65. The maximum atomic E-state index is 14.0. The third-order valence-corrected chi connectivity index (χ3v) is 11.7. The standard InChI is InChI=1S/C35H26O6S/c36-33(24-16-23-19-11-3-5-13-21(19)26(24)22-14-6-4-12-20(22)23)40-29-30-32-28(35(38)41-30)27(31(29)42-32)34(37)39-25-15-7-9-17-8-1-2-10-18(17)25/h1-15,23-24,26-32H,16H2. The summed E-state index contributed by atoms with van der Waals surface area (Å²) >= 11 is 1.53. The molecule has 3 aliphatic carbocycles. The minimum absolute atomic E-state index is 0.0906. The van der Waals surface area contributed by atoms with Gasteiger partial charge in [-0.15, -0.1) is 11.8 Å². The van der Waals surface area contributed by atoms with Crippen molar-refractivity contribution in [3.05, 3.63) is 113 Å². The maximum absolute atomic E-state index is 14.0. The van der Waals surface area contributed by atoms with Crippen molar-refractivity contribution in [1.29, 1.82) is 0 Å². The predicted molar refractivity (Wildman–Crippen MR) is 156 cm³/mol. The van der Waals surface area contributed by atoms with E-state index in [-0.39, 0.29) is 29.0 Å². The number of rotatable bonds is 4. The van der Waals surface area contributed by atoms with E-state index >= 15 is 0 Å². The molecule has 0 spiro atoms. The highest BCUT2D eigenvalue weighted by Gasteiger charge is 2.71. The number of carbonyl (C=O) groups is 3. The van der Waals surface area contributed by atoms with Crippen molar-refractivity contribution in [1.82, 2.24) is 0 Å². The van der Waals surface area contributed by atoms with Gasteiger partial charge in [0.05, 0.1) is 28.3 Å². The summed E-state index contributed by atoms with van der Waals surface area (Å²) in [6, 6.07) is 30.0.